The Labute approximate surface area is 150 Å². The van der Waals surface area contributed by atoms with E-state index >= 15 is 0 Å². The fraction of sp³-hybridized carbons (Fsp3) is 0.632. The molecule has 2 atom stereocenters. The van der Waals surface area contributed by atoms with Gasteiger partial charge in [-0.1, -0.05) is 31.0 Å². The zero-order valence-electron chi connectivity index (χ0n) is 14.7. The Balaban J connectivity index is 0.000000242. The van der Waals surface area contributed by atoms with Crippen LogP contribution in [0.25, 0.3) is 0 Å². The second-order valence-corrected chi connectivity index (χ2v) is 7.48. The van der Waals surface area contributed by atoms with Crippen molar-refractivity contribution in [3.05, 3.63) is 34.9 Å². The number of carbonyl (C=O) groups is 1. The van der Waals surface area contributed by atoms with Crippen LogP contribution in [-0.2, 0) is 16.1 Å². The molecule has 26 heavy (non-hydrogen) atoms. The number of nitrogens with one attached hydrogen (secondary N) is 1. The van der Waals surface area contributed by atoms with Crippen LogP contribution in [0.2, 0.25) is 0 Å². The molecule has 0 unspecified atom stereocenters. The molecule has 3 aliphatic rings. The van der Waals surface area contributed by atoms with E-state index in [0.717, 1.165) is 25.6 Å². The molecule has 2 heterocycles. The minimum Gasteiger partial charge on any atom is -0.475 e. The van der Waals surface area contributed by atoms with Crippen LogP contribution in [0.4, 0.5) is 13.2 Å². The van der Waals surface area contributed by atoms with Crippen LogP contribution in [0.5, 0.6) is 0 Å². The number of aliphatic carboxylic acids is 1. The van der Waals surface area contributed by atoms with Crippen molar-refractivity contribution in [2.24, 2.45) is 0 Å². The Morgan fingerprint density at radius 3 is 2.50 bits per heavy atom. The highest BCUT2D eigenvalue weighted by Crippen LogP contribution is 2.45. The molecule has 1 saturated carbocycles. The number of ether oxygens (including phenoxy) is 1. The van der Waals surface area contributed by atoms with Crippen molar-refractivity contribution in [3.8, 4) is 0 Å². The van der Waals surface area contributed by atoms with Crippen LogP contribution in [0.1, 0.15) is 61.1 Å². The van der Waals surface area contributed by atoms with Crippen molar-refractivity contribution >= 4 is 5.97 Å². The predicted molar refractivity (Wildman–Crippen MR) is 90.1 cm³/mol. The van der Waals surface area contributed by atoms with Gasteiger partial charge in [0.1, 0.15) is 0 Å². The summed E-state index contributed by atoms with van der Waals surface area (Å²) >= 11 is 0. The molecule has 4 rings (SSSR count). The molecule has 2 N–H and O–H groups in total. The van der Waals surface area contributed by atoms with E-state index in [9.17, 15) is 13.2 Å². The van der Waals surface area contributed by atoms with Gasteiger partial charge in [0.05, 0.1) is 12.2 Å². The SMILES string of the molecule is C[C@]12CNC[C@H]1c1cccc(C3CCCC3)c1CO2.O=C(O)C(F)(F)F. The van der Waals surface area contributed by atoms with Crippen molar-refractivity contribution in [2.75, 3.05) is 13.1 Å². The molecule has 4 nitrogen and oxygen atoms in total. The highest BCUT2D eigenvalue weighted by molar-refractivity contribution is 5.73. The summed E-state index contributed by atoms with van der Waals surface area (Å²) in [6.07, 6.45) is 0.461. The first kappa shape index (κ1) is 19.2. The number of benzene rings is 1. The summed E-state index contributed by atoms with van der Waals surface area (Å²) in [6.45, 7) is 5.14. The lowest BCUT2D eigenvalue weighted by molar-refractivity contribution is -0.192. The zero-order chi connectivity index (χ0) is 18.9. The lowest BCUT2D eigenvalue weighted by Crippen LogP contribution is -2.40. The Kier molecular flexibility index (Phi) is 5.30. The van der Waals surface area contributed by atoms with Gasteiger partial charge in [-0.25, -0.2) is 4.79 Å². The average molecular weight is 371 g/mol. The van der Waals surface area contributed by atoms with Gasteiger partial charge in [0.15, 0.2) is 0 Å². The van der Waals surface area contributed by atoms with Crippen LogP contribution in [-0.4, -0.2) is 35.9 Å². The molecule has 0 spiro atoms. The summed E-state index contributed by atoms with van der Waals surface area (Å²) in [4.78, 5) is 8.90. The predicted octanol–water partition coefficient (Wildman–Crippen LogP) is 3.95. The minimum absolute atomic E-state index is 0.0152. The van der Waals surface area contributed by atoms with Crippen molar-refractivity contribution in [1.29, 1.82) is 0 Å². The molecule has 0 bridgehead atoms. The van der Waals surface area contributed by atoms with Gasteiger partial charge in [0.2, 0.25) is 0 Å². The third-order valence-electron chi connectivity index (χ3n) is 5.77. The molecule has 7 heteroatoms. The maximum absolute atomic E-state index is 10.6. The number of rotatable bonds is 1. The third kappa shape index (κ3) is 3.74. The molecule has 1 aromatic rings. The van der Waals surface area contributed by atoms with Crippen molar-refractivity contribution in [1.82, 2.24) is 5.32 Å². The van der Waals surface area contributed by atoms with Crippen molar-refractivity contribution in [2.45, 2.75) is 62.8 Å². The Morgan fingerprint density at radius 1 is 1.27 bits per heavy atom. The highest BCUT2D eigenvalue weighted by atomic mass is 19.4. The Hall–Kier alpha value is -1.60. The molecule has 1 aliphatic carbocycles. The number of hydrogen-bond donors (Lipinski definition) is 2. The average Bonchev–Trinajstić information content (AvgIpc) is 3.23. The van der Waals surface area contributed by atoms with Gasteiger partial charge in [-0.2, -0.15) is 13.2 Å². The first-order chi connectivity index (χ1) is 12.2. The van der Waals surface area contributed by atoms with Crippen molar-refractivity contribution in [3.63, 3.8) is 0 Å². The monoisotopic (exact) mass is 371 g/mol. The first-order valence-electron chi connectivity index (χ1n) is 8.99. The number of carboxylic acid groups (broad SMARTS) is 1. The van der Waals surface area contributed by atoms with E-state index in [4.69, 9.17) is 14.6 Å². The Morgan fingerprint density at radius 2 is 1.88 bits per heavy atom. The van der Waals surface area contributed by atoms with Crippen LogP contribution in [0.15, 0.2) is 18.2 Å². The molecule has 0 amide bonds. The second-order valence-electron chi connectivity index (χ2n) is 7.48. The van der Waals surface area contributed by atoms with E-state index in [-0.39, 0.29) is 5.60 Å². The fourth-order valence-corrected chi connectivity index (χ4v) is 4.37. The van der Waals surface area contributed by atoms with Crippen LogP contribution < -0.4 is 5.32 Å². The molecule has 144 valence electrons. The molecular formula is C19H24F3NO3. The molecule has 1 aromatic carbocycles. The molecule has 2 fully saturated rings. The Bertz CT molecular complexity index is 670. The van der Waals surface area contributed by atoms with Gasteiger partial charge in [0.25, 0.3) is 0 Å². The van der Waals surface area contributed by atoms with Gasteiger partial charge in [-0.3, -0.25) is 0 Å². The van der Waals surface area contributed by atoms with E-state index in [1.54, 1.807) is 11.1 Å². The van der Waals surface area contributed by atoms with Gasteiger partial charge in [-0.05, 0) is 42.4 Å². The summed E-state index contributed by atoms with van der Waals surface area (Å²) in [6, 6.07) is 6.96. The van der Waals surface area contributed by atoms with Gasteiger partial charge >= 0.3 is 12.1 Å². The van der Waals surface area contributed by atoms with E-state index in [1.807, 2.05) is 0 Å². The summed E-state index contributed by atoms with van der Waals surface area (Å²) < 4.78 is 38.0. The van der Waals surface area contributed by atoms with Crippen LogP contribution in [0.3, 0.4) is 0 Å². The summed E-state index contributed by atoms with van der Waals surface area (Å²) in [5, 5.41) is 10.6. The standard InChI is InChI=1S/C17H23NO.C2HF3O2/c1-17-11-18-9-16(17)14-8-4-7-13(15(14)10-19-17)12-5-2-3-6-12;3-2(4,5)1(6)7/h4,7-8,12,16,18H,2-3,5-6,9-11H2,1H3;(H,6,7)/t16-,17-;/m0./s1. The first-order valence-corrected chi connectivity index (χ1v) is 8.99. The fourth-order valence-electron chi connectivity index (χ4n) is 4.37. The molecule has 0 aromatic heterocycles. The minimum atomic E-state index is -5.08. The largest absolute Gasteiger partial charge is 0.490 e. The number of carboxylic acids is 1. The number of fused-ring (bicyclic) bond motifs is 3. The van der Waals surface area contributed by atoms with E-state index in [2.05, 4.69) is 30.4 Å². The highest BCUT2D eigenvalue weighted by Gasteiger charge is 2.45. The normalized spacial score (nSPS) is 28.1. The third-order valence-corrected chi connectivity index (χ3v) is 5.77. The lowest BCUT2D eigenvalue weighted by atomic mass is 9.78. The van der Waals surface area contributed by atoms with E-state index in [0.29, 0.717) is 5.92 Å². The number of halogens is 3. The summed E-state index contributed by atoms with van der Waals surface area (Å²) in [5.41, 5.74) is 4.68. The molecular weight excluding hydrogens is 347 g/mol. The lowest BCUT2D eigenvalue weighted by Gasteiger charge is -2.38. The maximum Gasteiger partial charge on any atom is 0.490 e. The molecule has 2 aliphatic heterocycles. The maximum atomic E-state index is 10.6. The molecule has 0 radical (unpaired) electrons. The van der Waals surface area contributed by atoms with Gasteiger partial charge in [0, 0.05) is 19.0 Å². The zero-order valence-corrected chi connectivity index (χ0v) is 14.7. The summed E-state index contributed by atoms with van der Waals surface area (Å²) in [7, 11) is 0. The quantitative estimate of drug-likeness (QED) is 0.785. The van der Waals surface area contributed by atoms with Gasteiger partial charge < -0.3 is 15.2 Å². The van der Waals surface area contributed by atoms with Gasteiger partial charge in [-0.15, -0.1) is 0 Å². The number of alkyl halides is 3. The van der Waals surface area contributed by atoms with E-state index < -0.39 is 12.1 Å². The summed E-state index contributed by atoms with van der Waals surface area (Å²) in [5.74, 6) is -1.43. The van der Waals surface area contributed by atoms with Crippen molar-refractivity contribution < 1.29 is 27.8 Å². The second kappa shape index (κ2) is 7.19. The van der Waals surface area contributed by atoms with Crippen LogP contribution in [0, 0.1) is 0 Å². The molecule has 1 saturated heterocycles. The number of hydrogen-bond acceptors (Lipinski definition) is 3. The smallest absolute Gasteiger partial charge is 0.475 e. The van der Waals surface area contributed by atoms with Crippen LogP contribution >= 0.6 is 0 Å². The topological polar surface area (TPSA) is 58.6 Å². The van der Waals surface area contributed by atoms with E-state index in [1.165, 1.54) is 31.2 Å².